The van der Waals surface area contributed by atoms with Crippen LogP contribution >= 0.6 is 0 Å². The molecule has 0 fully saturated rings. The van der Waals surface area contributed by atoms with Crippen molar-refractivity contribution in [2.45, 2.75) is 62.9 Å². The molecule has 0 heterocycles. The fourth-order valence-corrected chi connectivity index (χ4v) is 2.38. The van der Waals surface area contributed by atoms with E-state index in [0.717, 1.165) is 0 Å². The Hall–Kier alpha value is -2.61. The van der Waals surface area contributed by atoms with Crippen molar-refractivity contribution in [2.24, 2.45) is 0 Å². The summed E-state index contributed by atoms with van der Waals surface area (Å²) in [5, 5.41) is 57.4. The summed E-state index contributed by atoms with van der Waals surface area (Å²) in [5.74, 6) is -3.24. The van der Waals surface area contributed by atoms with Gasteiger partial charge in [-0.3, -0.25) is 14.4 Å². The van der Waals surface area contributed by atoms with Crippen LogP contribution in [0.25, 0.3) is 0 Å². The highest BCUT2D eigenvalue weighted by molar-refractivity contribution is 5.94. The van der Waals surface area contributed by atoms with Gasteiger partial charge in [0, 0.05) is 19.4 Å². The molecule has 13 nitrogen and oxygen atoms in total. The Morgan fingerprint density at radius 2 is 1.63 bits per heavy atom. The maximum atomic E-state index is 12.0. The Morgan fingerprint density at radius 3 is 2.13 bits per heavy atom. The molecule has 0 aromatic rings. The van der Waals surface area contributed by atoms with Crippen molar-refractivity contribution in [3.63, 3.8) is 0 Å². The van der Waals surface area contributed by atoms with Crippen LogP contribution in [0.2, 0.25) is 0 Å². The molecule has 1 radical (unpaired) electrons. The molecule has 30 heavy (non-hydrogen) atoms. The Bertz CT molecular complexity index is 598. The van der Waals surface area contributed by atoms with Crippen LogP contribution < -0.4 is 5.32 Å². The van der Waals surface area contributed by atoms with Gasteiger partial charge < -0.3 is 36.0 Å². The molecule has 0 unspecified atom stereocenters. The number of amides is 3. The first kappa shape index (κ1) is 27.4. The van der Waals surface area contributed by atoms with E-state index in [9.17, 15) is 39.3 Å². The topological polar surface area (TPSA) is 222 Å². The smallest absolute Gasteiger partial charge is 0.414 e. The number of carbonyl (C=O) groups excluding carboxylic acids is 3. The molecule has 0 rings (SSSR count). The molecular formula is C17H27N2O11. The van der Waals surface area contributed by atoms with E-state index >= 15 is 0 Å². The molecule has 13 heteroatoms. The number of hydrogen-bond donors (Lipinski definition) is 7. The number of unbranched alkanes of at least 4 members (excludes halogenated alkanes) is 2. The lowest BCUT2D eigenvalue weighted by Crippen LogP contribution is -2.51. The lowest BCUT2D eigenvalue weighted by Gasteiger charge is -2.25. The third-order valence-corrected chi connectivity index (χ3v) is 4.11. The van der Waals surface area contributed by atoms with Gasteiger partial charge in [0.15, 0.2) is 12.4 Å². The van der Waals surface area contributed by atoms with E-state index in [-0.39, 0.29) is 50.0 Å². The van der Waals surface area contributed by atoms with Crippen LogP contribution in [0.1, 0.15) is 38.5 Å². The van der Waals surface area contributed by atoms with Crippen LogP contribution in [0.3, 0.4) is 0 Å². The summed E-state index contributed by atoms with van der Waals surface area (Å²) in [5.41, 5.74) is 0. The van der Waals surface area contributed by atoms with Crippen molar-refractivity contribution in [2.75, 3.05) is 13.2 Å². The summed E-state index contributed by atoms with van der Waals surface area (Å²) in [6.45, 7) is -1.31. The number of hydrogen-bond acceptors (Lipinski definition) is 9. The van der Waals surface area contributed by atoms with Crippen molar-refractivity contribution in [3.8, 4) is 0 Å². The summed E-state index contributed by atoms with van der Waals surface area (Å²) in [4.78, 5) is 56.4. The molecule has 4 atom stereocenters. The van der Waals surface area contributed by atoms with Gasteiger partial charge in [0.2, 0.25) is 5.91 Å². The predicted octanol–water partition coefficient (Wildman–Crippen LogP) is -2.41. The van der Waals surface area contributed by atoms with E-state index in [2.05, 4.69) is 5.32 Å². The number of nitrogens with zero attached hydrogens (tertiary/aromatic N) is 1. The number of aliphatic carboxylic acids is 1. The first-order chi connectivity index (χ1) is 14.1. The number of aliphatic hydroxyl groups excluding tert-OH is 4. The number of carboxylic acid groups (broad SMARTS) is 2. The second kappa shape index (κ2) is 14.4. The van der Waals surface area contributed by atoms with Crippen LogP contribution in [0.5, 0.6) is 0 Å². The van der Waals surface area contributed by atoms with Gasteiger partial charge in [-0.2, -0.15) is 0 Å². The van der Waals surface area contributed by atoms with E-state index in [1.807, 2.05) is 0 Å². The van der Waals surface area contributed by atoms with E-state index in [4.69, 9.17) is 15.3 Å². The minimum atomic E-state index is -2.26. The second-order valence-corrected chi connectivity index (χ2v) is 6.41. The summed E-state index contributed by atoms with van der Waals surface area (Å²) in [6, 6.07) is -1.22. The van der Waals surface area contributed by atoms with Gasteiger partial charge in [-0.05, 0) is 19.3 Å². The molecule has 0 aliphatic heterocycles. The van der Waals surface area contributed by atoms with Crippen molar-refractivity contribution in [1.29, 1.82) is 0 Å². The summed E-state index contributed by atoms with van der Waals surface area (Å²) >= 11 is 0. The Kier molecular flexibility index (Phi) is 13.1. The monoisotopic (exact) mass is 435 g/mol. The average Bonchev–Trinajstić information content (AvgIpc) is 2.70. The minimum Gasteiger partial charge on any atom is -0.480 e. The molecule has 0 saturated carbocycles. The molecule has 0 saturated heterocycles. The summed E-state index contributed by atoms with van der Waals surface area (Å²) < 4.78 is 0. The molecule has 3 amide bonds. The lowest BCUT2D eigenvalue weighted by atomic mass is 10.1. The standard InChI is InChI=1S/C17H27N2O11/c20-8-4-5-10(16(27)28)18-12(23)6-2-1-3-7-19(17(29)30)15(26)14(25)13(24)11(22)9-21/h10-11,13-14,21-22,24-25H,1-7,9H2,(H,18,23)(H,27,28)(H,29,30)/t10-,11-,13+,14-/m0/s1. The van der Waals surface area contributed by atoms with Gasteiger partial charge in [0.25, 0.3) is 5.91 Å². The van der Waals surface area contributed by atoms with Gasteiger partial charge in [-0.15, -0.1) is 0 Å². The Balaban J connectivity index is 4.47. The zero-order valence-corrected chi connectivity index (χ0v) is 16.1. The molecule has 171 valence electrons. The largest absolute Gasteiger partial charge is 0.480 e. The number of carbonyl (C=O) groups is 4. The van der Waals surface area contributed by atoms with Crippen molar-refractivity contribution in [1.82, 2.24) is 10.2 Å². The maximum absolute atomic E-state index is 12.0. The van der Waals surface area contributed by atoms with Gasteiger partial charge in [-0.1, -0.05) is 6.42 Å². The molecule has 0 aliphatic rings. The van der Waals surface area contributed by atoms with E-state index in [1.54, 1.807) is 0 Å². The number of imide groups is 1. The zero-order valence-electron chi connectivity index (χ0n) is 16.1. The van der Waals surface area contributed by atoms with Crippen LogP contribution in [0.4, 0.5) is 4.79 Å². The van der Waals surface area contributed by atoms with Crippen molar-refractivity contribution >= 4 is 30.2 Å². The predicted molar refractivity (Wildman–Crippen MR) is 97.8 cm³/mol. The molecule has 0 aliphatic carbocycles. The molecular weight excluding hydrogens is 408 g/mol. The normalized spacial score (nSPS) is 14.8. The fraction of sp³-hybridized carbons (Fsp3) is 0.706. The van der Waals surface area contributed by atoms with Crippen molar-refractivity contribution in [3.05, 3.63) is 0 Å². The van der Waals surface area contributed by atoms with Crippen molar-refractivity contribution < 1.29 is 54.6 Å². The summed E-state index contributed by atoms with van der Waals surface area (Å²) in [7, 11) is 0. The van der Waals surface area contributed by atoms with Crippen LogP contribution in [-0.2, 0) is 19.2 Å². The van der Waals surface area contributed by atoms with Crippen LogP contribution in [0, 0.1) is 0 Å². The Labute approximate surface area is 171 Å². The van der Waals surface area contributed by atoms with Crippen LogP contribution in [-0.4, -0.2) is 103 Å². The average molecular weight is 435 g/mol. The van der Waals surface area contributed by atoms with Gasteiger partial charge in [-0.25, -0.2) is 14.5 Å². The van der Waals surface area contributed by atoms with E-state index < -0.39 is 54.8 Å². The molecule has 0 aromatic carbocycles. The minimum absolute atomic E-state index is 0.0698. The maximum Gasteiger partial charge on any atom is 0.414 e. The van der Waals surface area contributed by atoms with Crippen LogP contribution in [0.15, 0.2) is 0 Å². The molecule has 0 spiro atoms. The quantitative estimate of drug-likeness (QED) is 0.134. The first-order valence-electron chi connectivity index (χ1n) is 9.13. The number of nitrogens with one attached hydrogen (secondary N) is 1. The zero-order chi connectivity index (χ0) is 23.3. The summed E-state index contributed by atoms with van der Waals surface area (Å²) in [6.07, 6.45) is -6.01. The third-order valence-electron chi connectivity index (χ3n) is 4.11. The van der Waals surface area contributed by atoms with Gasteiger partial charge in [0.1, 0.15) is 18.2 Å². The highest BCUT2D eigenvalue weighted by atomic mass is 16.4. The highest BCUT2D eigenvalue weighted by Gasteiger charge is 2.35. The number of rotatable bonds is 15. The fourth-order valence-electron chi connectivity index (χ4n) is 2.38. The second-order valence-electron chi connectivity index (χ2n) is 6.41. The molecule has 0 bridgehead atoms. The van der Waals surface area contributed by atoms with E-state index in [0.29, 0.717) is 0 Å². The molecule has 7 N–H and O–H groups in total. The first-order valence-corrected chi connectivity index (χ1v) is 9.13. The van der Waals surface area contributed by atoms with E-state index in [1.165, 1.54) is 6.29 Å². The van der Waals surface area contributed by atoms with Gasteiger partial charge in [0.05, 0.1) is 6.61 Å². The Morgan fingerprint density at radius 1 is 1.00 bits per heavy atom. The van der Waals surface area contributed by atoms with Gasteiger partial charge >= 0.3 is 12.1 Å². The lowest BCUT2D eigenvalue weighted by molar-refractivity contribution is -0.150. The SMILES string of the molecule is O=[C]CC[C@H](NC(=O)CCCCCN(C(=O)O)C(=O)[C@@H](O)[C@H](O)[C@@H](O)CO)C(=O)O. The number of aliphatic hydroxyl groups is 4. The number of carboxylic acids is 1. The highest BCUT2D eigenvalue weighted by Crippen LogP contribution is 2.09. The third kappa shape index (κ3) is 9.73. The molecule has 0 aromatic heterocycles.